The summed E-state index contributed by atoms with van der Waals surface area (Å²) in [4.78, 5) is 23.6. The highest BCUT2D eigenvalue weighted by Crippen LogP contribution is 2.19. The molecule has 1 aliphatic rings. The summed E-state index contributed by atoms with van der Waals surface area (Å²) in [7, 11) is 0. The third kappa shape index (κ3) is 3.14. The van der Waals surface area contributed by atoms with Crippen LogP contribution in [0.4, 0.5) is 11.6 Å². The summed E-state index contributed by atoms with van der Waals surface area (Å²) in [5.74, 6) is 1.42. The summed E-state index contributed by atoms with van der Waals surface area (Å²) in [5, 5.41) is 4.81. The molecule has 0 saturated carbocycles. The molecular weight excluding hydrogens is 272 g/mol. The third-order valence-electron chi connectivity index (χ3n) is 3.27. The Morgan fingerprint density at radius 3 is 2.95 bits per heavy atom. The van der Waals surface area contributed by atoms with Crippen LogP contribution in [0.5, 0.6) is 0 Å². The van der Waals surface area contributed by atoms with Gasteiger partial charge in [-0.1, -0.05) is 6.07 Å². The van der Waals surface area contributed by atoms with E-state index in [9.17, 15) is 4.79 Å². The molecule has 1 N–H and O–H groups in total. The molecule has 3 heterocycles. The van der Waals surface area contributed by atoms with Crippen LogP contribution in [0.1, 0.15) is 17.7 Å². The van der Waals surface area contributed by atoms with Crippen molar-refractivity contribution in [2.75, 3.05) is 23.3 Å². The Kier molecular flexibility index (Phi) is 3.92. The quantitative estimate of drug-likeness (QED) is 0.938. The van der Waals surface area contributed by atoms with E-state index in [-0.39, 0.29) is 5.91 Å². The lowest BCUT2D eigenvalue weighted by molar-refractivity contribution is -0.115. The number of rotatable bonds is 4. The van der Waals surface area contributed by atoms with E-state index < -0.39 is 0 Å². The molecule has 0 radical (unpaired) electrons. The van der Waals surface area contributed by atoms with Gasteiger partial charge in [0.05, 0.1) is 6.42 Å². The van der Waals surface area contributed by atoms with Crippen LogP contribution in [0.15, 0.2) is 29.9 Å². The molecule has 0 spiro atoms. The molecule has 1 aliphatic heterocycles. The third-order valence-corrected chi connectivity index (χ3v) is 4.14. The van der Waals surface area contributed by atoms with Crippen molar-refractivity contribution >= 4 is 28.9 Å². The van der Waals surface area contributed by atoms with Crippen LogP contribution in [0.25, 0.3) is 0 Å². The van der Waals surface area contributed by atoms with Crippen LogP contribution in [0.2, 0.25) is 0 Å². The molecule has 1 fully saturated rings. The van der Waals surface area contributed by atoms with E-state index in [4.69, 9.17) is 0 Å². The summed E-state index contributed by atoms with van der Waals surface area (Å²) in [6.45, 7) is 2.05. The van der Waals surface area contributed by atoms with Crippen molar-refractivity contribution in [2.24, 2.45) is 0 Å². The van der Waals surface area contributed by atoms with Crippen molar-refractivity contribution in [1.82, 2.24) is 9.97 Å². The molecule has 0 atom stereocenters. The largest absolute Gasteiger partial charge is 0.356 e. The molecule has 20 heavy (non-hydrogen) atoms. The van der Waals surface area contributed by atoms with Crippen LogP contribution < -0.4 is 10.2 Å². The monoisotopic (exact) mass is 288 g/mol. The van der Waals surface area contributed by atoms with Gasteiger partial charge in [-0.15, -0.1) is 11.3 Å². The molecular formula is C14H16N4OS. The molecule has 1 amide bonds. The van der Waals surface area contributed by atoms with Crippen molar-refractivity contribution in [3.05, 3.63) is 34.8 Å². The Hall–Kier alpha value is -1.95. The number of anilines is 2. The summed E-state index contributed by atoms with van der Waals surface area (Å²) < 4.78 is 0. The van der Waals surface area contributed by atoms with Crippen LogP contribution in [-0.2, 0) is 11.2 Å². The van der Waals surface area contributed by atoms with Crippen LogP contribution in [0.3, 0.4) is 0 Å². The Morgan fingerprint density at radius 1 is 1.35 bits per heavy atom. The highest BCUT2D eigenvalue weighted by atomic mass is 32.1. The first-order valence-electron chi connectivity index (χ1n) is 6.70. The smallest absolute Gasteiger partial charge is 0.230 e. The van der Waals surface area contributed by atoms with Gasteiger partial charge in [-0.3, -0.25) is 4.79 Å². The van der Waals surface area contributed by atoms with Gasteiger partial charge in [0.1, 0.15) is 18.0 Å². The SMILES string of the molecule is O=C(Cc1cccs1)Nc1cc(N2CCCC2)ncn1. The Morgan fingerprint density at radius 2 is 2.20 bits per heavy atom. The minimum atomic E-state index is -0.0430. The van der Waals surface area contributed by atoms with Crippen molar-refractivity contribution < 1.29 is 4.79 Å². The first kappa shape index (κ1) is 13.1. The number of amides is 1. The molecule has 0 unspecified atom stereocenters. The van der Waals surface area contributed by atoms with Gasteiger partial charge in [0.15, 0.2) is 0 Å². The standard InChI is InChI=1S/C14H16N4OS/c19-14(8-11-4-3-7-20-11)17-12-9-13(16-10-15-12)18-5-1-2-6-18/h3-4,7,9-10H,1-2,5-6,8H2,(H,15,16,17,19). The van der Waals surface area contributed by atoms with E-state index >= 15 is 0 Å². The first-order chi connectivity index (χ1) is 9.81. The topological polar surface area (TPSA) is 58.1 Å². The molecule has 2 aromatic heterocycles. The Labute approximate surface area is 121 Å². The van der Waals surface area contributed by atoms with E-state index in [1.54, 1.807) is 11.3 Å². The number of hydrogen-bond acceptors (Lipinski definition) is 5. The zero-order valence-electron chi connectivity index (χ0n) is 11.1. The second kappa shape index (κ2) is 6.00. The first-order valence-corrected chi connectivity index (χ1v) is 7.58. The molecule has 104 valence electrons. The molecule has 5 nitrogen and oxygen atoms in total. The predicted molar refractivity (Wildman–Crippen MR) is 80.1 cm³/mol. The van der Waals surface area contributed by atoms with Crippen molar-refractivity contribution in [3.8, 4) is 0 Å². The van der Waals surface area contributed by atoms with Gasteiger partial charge < -0.3 is 10.2 Å². The number of carbonyl (C=O) groups is 1. The van der Waals surface area contributed by atoms with Gasteiger partial charge in [-0.05, 0) is 24.3 Å². The zero-order chi connectivity index (χ0) is 13.8. The van der Waals surface area contributed by atoms with Gasteiger partial charge in [0.25, 0.3) is 0 Å². The normalized spacial score (nSPS) is 14.5. The molecule has 0 aromatic carbocycles. The predicted octanol–water partition coefficient (Wildman–Crippen LogP) is 2.32. The minimum Gasteiger partial charge on any atom is -0.356 e. The van der Waals surface area contributed by atoms with Crippen LogP contribution in [-0.4, -0.2) is 29.0 Å². The number of nitrogens with zero attached hydrogens (tertiary/aromatic N) is 3. The molecule has 6 heteroatoms. The Bertz CT molecular complexity index is 579. The lowest BCUT2D eigenvalue weighted by atomic mass is 10.3. The van der Waals surface area contributed by atoms with Gasteiger partial charge in [0.2, 0.25) is 5.91 Å². The van der Waals surface area contributed by atoms with Crippen LogP contribution in [0, 0.1) is 0 Å². The van der Waals surface area contributed by atoms with Crippen molar-refractivity contribution in [3.63, 3.8) is 0 Å². The van der Waals surface area contributed by atoms with Gasteiger partial charge in [-0.25, -0.2) is 9.97 Å². The summed E-state index contributed by atoms with van der Waals surface area (Å²) in [6, 6.07) is 5.75. The maximum absolute atomic E-state index is 11.9. The second-order valence-electron chi connectivity index (χ2n) is 4.76. The second-order valence-corrected chi connectivity index (χ2v) is 5.79. The van der Waals surface area contributed by atoms with E-state index in [0.29, 0.717) is 12.2 Å². The molecule has 2 aromatic rings. The van der Waals surface area contributed by atoms with Crippen molar-refractivity contribution in [1.29, 1.82) is 0 Å². The fourth-order valence-electron chi connectivity index (χ4n) is 2.29. The summed E-state index contributed by atoms with van der Waals surface area (Å²) in [5.41, 5.74) is 0. The number of thiophene rings is 1. The van der Waals surface area contributed by atoms with Gasteiger partial charge in [-0.2, -0.15) is 0 Å². The highest BCUT2D eigenvalue weighted by molar-refractivity contribution is 7.10. The average Bonchev–Trinajstić information content (AvgIpc) is 3.11. The van der Waals surface area contributed by atoms with Crippen LogP contribution >= 0.6 is 11.3 Å². The molecule has 3 rings (SSSR count). The van der Waals surface area contributed by atoms with E-state index in [0.717, 1.165) is 23.8 Å². The van der Waals surface area contributed by atoms with E-state index in [1.165, 1.54) is 19.2 Å². The van der Waals surface area contributed by atoms with E-state index in [2.05, 4.69) is 20.2 Å². The molecule has 1 saturated heterocycles. The fraction of sp³-hybridized carbons (Fsp3) is 0.357. The number of carbonyl (C=O) groups excluding carboxylic acids is 1. The summed E-state index contributed by atoms with van der Waals surface area (Å²) in [6.07, 6.45) is 4.29. The van der Waals surface area contributed by atoms with Crippen molar-refractivity contribution in [2.45, 2.75) is 19.3 Å². The number of aromatic nitrogens is 2. The fourth-order valence-corrected chi connectivity index (χ4v) is 3.00. The Balaban J connectivity index is 1.64. The van der Waals surface area contributed by atoms with Gasteiger partial charge in [0, 0.05) is 24.0 Å². The summed E-state index contributed by atoms with van der Waals surface area (Å²) >= 11 is 1.58. The molecule has 0 aliphatic carbocycles. The maximum atomic E-state index is 11.9. The average molecular weight is 288 g/mol. The lowest BCUT2D eigenvalue weighted by Gasteiger charge is -2.16. The number of nitrogens with one attached hydrogen (secondary N) is 1. The number of hydrogen-bond donors (Lipinski definition) is 1. The minimum absolute atomic E-state index is 0.0430. The highest BCUT2D eigenvalue weighted by Gasteiger charge is 2.14. The zero-order valence-corrected chi connectivity index (χ0v) is 11.9. The molecule has 0 bridgehead atoms. The van der Waals surface area contributed by atoms with E-state index in [1.807, 2.05) is 23.6 Å². The van der Waals surface area contributed by atoms with Gasteiger partial charge >= 0.3 is 0 Å². The maximum Gasteiger partial charge on any atom is 0.230 e. The lowest BCUT2D eigenvalue weighted by Crippen LogP contribution is -2.20.